The number of hydrogen-bond acceptors (Lipinski definition) is 4. The number of phenolic OH excluding ortho intramolecular Hbond substituents is 2. The summed E-state index contributed by atoms with van der Waals surface area (Å²) in [4.78, 5) is 0. The minimum Gasteiger partial charge on any atom is -0.507 e. The minimum atomic E-state index is -0.00445. The Morgan fingerprint density at radius 2 is 0.821 bits per heavy atom. The van der Waals surface area contributed by atoms with Crippen LogP contribution in [-0.4, -0.2) is 10.2 Å². The highest BCUT2D eigenvalue weighted by molar-refractivity contribution is 5.87. The molecule has 2 N–H and O–H groups in total. The van der Waals surface area contributed by atoms with Gasteiger partial charge in [-0.2, -0.15) is 0 Å². The lowest BCUT2D eigenvalue weighted by Gasteiger charge is -2.22. The van der Waals surface area contributed by atoms with Gasteiger partial charge < -0.3 is 19.7 Å². The highest BCUT2D eigenvalue weighted by Crippen LogP contribution is 2.51. The lowest BCUT2D eigenvalue weighted by atomic mass is 9.99. The molecule has 0 radical (unpaired) electrons. The summed E-state index contributed by atoms with van der Waals surface area (Å²) in [5.74, 6) is 2.11. The van der Waals surface area contributed by atoms with Crippen LogP contribution < -0.4 is 9.47 Å². The predicted molar refractivity (Wildman–Crippen MR) is 107 cm³/mol. The second kappa shape index (κ2) is 6.35. The van der Waals surface area contributed by atoms with E-state index < -0.39 is 0 Å². The Morgan fingerprint density at radius 3 is 1.29 bits per heavy atom. The van der Waals surface area contributed by atoms with E-state index in [1.807, 2.05) is 48.5 Å². The Bertz CT molecular complexity index is 1100. The van der Waals surface area contributed by atoms with Crippen molar-refractivity contribution in [3.63, 3.8) is 0 Å². The zero-order chi connectivity index (χ0) is 19.1. The van der Waals surface area contributed by atoms with E-state index in [4.69, 9.17) is 9.47 Å². The number of para-hydroxylation sites is 2. The van der Waals surface area contributed by atoms with Crippen LogP contribution >= 0.6 is 0 Å². The van der Waals surface area contributed by atoms with Gasteiger partial charge in [0.15, 0.2) is 0 Å². The van der Waals surface area contributed by atoms with Crippen molar-refractivity contribution in [2.24, 2.45) is 0 Å². The highest BCUT2D eigenvalue weighted by atomic mass is 16.5. The molecule has 0 unspecified atom stereocenters. The third-order valence-corrected chi connectivity index (χ3v) is 4.76. The van der Waals surface area contributed by atoms with Crippen LogP contribution in [0.5, 0.6) is 34.5 Å². The van der Waals surface area contributed by atoms with Gasteiger partial charge in [0.25, 0.3) is 0 Å². The summed E-state index contributed by atoms with van der Waals surface area (Å²) in [6, 6.07) is 25.4. The summed E-state index contributed by atoms with van der Waals surface area (Å²) in [5.41, 5.74) is 2.50. The molecule has 28 heavy (non-hydrogen) atoms. The van der Waals surface area contributed by atoms with Crippen molar-refractivity contribution in [2.75, 3.05) is 0 Å². The molecule has 1 aliphatic rings. The van der Waals surface area contributed by atoms with Crippen molar-refractivity contribution in [3.05, 3.63) is 84.9 Å². The van der Waals surface area contributed by atoms with Crippen molar-refractivity contribution in [1.29, 1.82) is 0 Å². The molecule has 0 atom stereocenters. The molecule has 4 nitrogen and oxygen atoms in total. The lowest BCUT2D eigenvalue weighted by Crippen LogP contribution is -1.97. The third-order valence-electron chi connectivity index (χ3n) is 4.76. The Hall–Kier alpha value is -3.92. The van der Waals surface area contributed by atoms with Gasteiger partial charge in [-0.3, -0.25) is 0 Å². The van der Waals surface area contributed by atoms with E-state index in [9.17, 15) is 10.2 Å². The van der Waals surface area contributed by atoms with Gasteiger partial charge in [0, 0.05) is 11.1 Å². The summed E-state index contributed by atoms with van der Waals surface area (Å²) in [6.45, 7) is 0. The second-order valence-electron chi connectivity index (χ2n) is 6.50. The first kappa shape index (κ1) is 16.3. The fourth-order valence-corrected chi connectivity index (χ4v) is 3.50. The fourth-order valence-electron chi connectivity index (χ4n) is 3.50. The molecular weight excluding hydrogens is 352 g/mol. The van der Waals surface area contributed by atoms with Crippen LogP contribution in [0.3, 0.4) is 0 Å². The van der Waals surface area contributed by atoms with Crippen molar-refractivity contribution < 1.29 is 19.7 Å². The minimum absolute atomic E-state index is 0.00445. The van der Waals surface area contributed by atoms with Crippen LogP contribution in [-0.2, 0) is 0 Å². The molecule has 1 aliphatic heterocycles. The topological polar surface area (TPSA) is 58.9 Å². The largest absolute Gasteiger partial charge is 0.507 e. The van der Waals surface area contributed by atoms with Gasteiger partial charge in [-0.05, 0) is 36.4 Å². The van der Waals surface area contributed by atoms with E-state index in [1.54, 1.807) is 36.4 Å². The van der Waals surface area contributed by atoms with Crippen LogP contribution in [0.1, 0.15) is 0 Å². The molecule has 0 spiro atoms. The second-order valence-corrected chi connectivity index (χ2v) is 6.50. The molecule has 5 rings (SSSR count). The molecule has 4 aromatic carbocycles. The van der Waals surface area contributed by atoms with Crippen molar-refractivity contribution in [3.8, 4) is 56.8 Å². The van der Waals surface area contributed by atoms with Crippen LogP contribution in [0.2, 0.25) is 0 Å². The molecule has 1 heterocycles. The van der Waals surface area contributed by atoms with Crippen molar-refractivity contribution in [2.45, 2.75) is 0 Å². The molecule has 4 aromatic rings. The number of benzene rings is 4. The first-order chi connectivity index (χ1) is 13.7. The zero-order valence-electron chi connectivity index (χ0n) is 14.8. The standard InChI is InChI=1S/C24H16O4/c25-17-9-5-13-21-23(17)24-18(26)10-6-14-22(24)28-20-12-4-2-8-16(20)15-7-1-3-11-19(15)27-21/h1-14,25-26H. The van der Waals surface area contributed by atoms with Gasteiger partial charge in [0.05, 0.1) is 11.1 Å². The molecule has 0 fully saturated rings. The van der Waals surface area contributed by atoms with Gasteiger partial charge in [0.1, 0.15) is 34.5 Å². The molecule has 4 heteroatoms. The molecule has 0 saturated carbocycles. The Labute approximate surface area is 161 Å². The maximum atomic E-state index is 10.6. The maximum Gasteiger partial charge on any atom is 0.139 e. The van der Waals surface area contributed by atoms with Gasteiger partial charge in [-0.1, -0.05) is 48.5 Å². The van der Waals surface area contributed by atoms with Gasteiger partial charge in [0.2, 0.25) is 0 Å². The molecule has 0 aliphatic carbocycles. The van der Waals surface area contributed by atoms with E-state index in [0.717, 1.165) is 11.1 Å². The smallest absolute Gasteiger partial charge is 0.139 e. The fraction of sp³-hybridized carbons (Fsp3) is 0. The maximum absolute atomic E-state index is 10.6. The van der Waals surface area contributed by atoms with E-state index in [1.165, 1.54) is 0 Å². The van der Waals surface area contributed by atoms with Crippen LogP contribution in [0.4, 0.5) is 0 Å². The van der Waals surface area contributed by atoms with Gasteiger partial charge in [-0.25, -0.2) is 0 Å². The number of fused-ring (bicyclic) bond motifs is 6. The summed E-state index contributed by atoms with van der Waals surface area (Å²) < 4.78 is 12.5. The first-order valence-electron chi connectivity index (χ1n) is 8.91. The van der Waals surface area contributed by atoms with E-state index in [0.29, 0.717) is 34.1 Å². The number of phenols is 2. The summed E-state index contributed by atoms with van der Waals surface area (Å²) in [7, 11) is 0. The monoisotopic (exact) mass is 368 g/mol. The zero-order valence-corrected chi connectivity index (χ0v) is 14.8. The molecule has 0 amide bonds. The normalized spacial score (nSPS) is 11.7. The molecule has 136 valence electrons. The Morgan fingerprint density at radius 1 is 0.429 bits per heavy atom. The van der Waals surface area contributed by atoms with Crippen LogP contribution in [0.15, 0.2) is 84.9 Å². The van der Waals surface area contributed by atoms with Crippen molar-refractivity contribution in [1.82, 2.24) is 0 Å². The van der Waals surface area contributed by atoms with Crippen LogP contribution in [0, 0.1) is 0 Å². The molecule has 0 aromatic heterocycles. The average Bonchev–Trinajstić information content (AvgIpc) is 2.70. The predicted octanol–water partition coefficient (Wildman–Crippen LogP) is 6.33. The van der Waals surface area contributed by atoms with Gasteiger partial charge in [-0.15, -0.1) is 0 Å². The van der Waals surface area contributed by atoms with Gasteiger partial charge >= 0.3 is 0 Å². The Kier molecular flexibility index (Phi) is 3.69. The summed E-state index contributed by atoms with van der Waals surface area (Å²) in [6.07, 6.45) is 0. The quantitative estimate of drug-likeness (QED) is 0.335. The molecule has 0 bridgehead atoms. The highest BCUT2D eigenvalue weighted by Gasteiger charge is 2.24. The molecule has 0 saturated heterocycles. The van der Waals surface area contributed by atoms with E-state index in [2.05, 4.69) is 0 Å². The summed E-state index contributed by atoms with van der Waals surface area (Å²) in [5, 5.41) is 21.2. The number of hydrogen-bond donors (Lipinski definition) is 2. The lowest BCUT2D eigenvalue weighted by molar-refractivity contribution is 0.443. The number of ether oxygens (including phenoxy) is 2. The average molecular weight is 368 g/mol. The first-order valence-corrected chi connectivity index (χ1v) is 8.91. The molecular formula is C24H16O4. The van der Waals surface area contributed by atoms with E-state index in [-0.39, 0.29) is 11.5 Å². The Balaban J connectivity index is 1.88. The van der Waals surface area contributed by atoms with Crippen LogP contribution in [0.25, 0.3) is 22.3 Å². The van der Waals surface area contributed by atoms with E-state index >= 15 is 0 Å². The third kappa shape index (κ3) is 2.55. The van der Waals surface area contributed by atoms with Crippen molar-refractivity contribution >= 4 is 0 Å². The number of aromatic hydroxyl groups is 2. The number of rotatable bonds is 0. The SMILES string of the molecule is Oc1cccc2c1-c1c(O)cccc1Oc1ccccc1-c1ccccc1O2. The summed E-state index contributed by atoms with van der Waals surface area (Å²) >= 11 is 0.